The Hall–Kier alpha value is -3.67. The molecule has 6 heteroatoms. The number of hydrogen-bond donors (Lipinski definition) is 1. The van der Waals surface area contributed by atoms with E-state index in [0.29, 0.717) is 30.3 Å². The minimum Gasteiger partial charge on any atom is -0.478 e. The molecule has 2 aromatic carbocycles. The monoisotopic (exact) mass is 387 g/mol. The molecule has 2 aromatic heterocycles. The predicted octanol–water partition coefficient (Wildman–Crippen LogP) is 4.55. The third-order valence-electron chi connectivity index (χ3n) is 4.84. The van der Waals surface area contributed by atoms with Gasteiger partial charge in [0.15, 0.2) is 5.65 Å². The van der Waals surface area contributed by atoms with E-state index in [2.05, 4.69) is 9.97 Å². The number of ether oxygens (including phenoxy) is 1. The van der Waals surface area contributed by atoms with Gasteiger partial charge in [0.25, 0.3) is 6.01 Å². The van der Waals surface area contributed by atoms with Crippen molar-refractivity contribution in [3.8, 4) is 17.1 Å². The molecule has 0 aliphatic heterocycles. The Morgan fingerprint density at radius 1 is 1.10 bits per heavy atom. The highest BCUT2D eigenvalue weighted by Crippen LogP contribution is 2.26. The van der Waals surface area contributed by atoms with Crippen molar-refractivity contribution < 1.29 is 14.6 Å². The highest BCUT2D eigenvalue weighted by Gasteiger charge is 2.15. The van der Waals surface area contributed by atoms with Crippen LogP contribution in [0.5, 0.6) is 6.01 Å². The molecule has 1 N–H and O–H groups in total. The maximum atomic E-state index is 11.5. The van der Waals surface area contributed by atoms with Crippen LogP contribution in [0.4, 0.5) is 0 Å². The molecule has 146 valence electrons. The molecule has 0 fully saturated rings. The maximum absolute atomic E-state index is 11.5. The highest BCUT2D eigenvalue weighted by atomic mass is 16.5. The molecular formula is C23H21N3O3. The van der Waals surface area contributed by atoms with E-state index in [0.717, 1.165) is 27.9 Å². The first-order valence-corrected chi connectivity index (χ1v) is 9.44. The molecule has 4 rings (SSSR count). The molecule has 0 aliphatic carbocycles. The molecule has 0 atom stereocenters. The molecule has 0 amide bonds. The number of imidazole rings is 1. The number of aromatic carboxylic acids is 1. The van der Waals surface area contributed by atoms with Crippen LogP contribution in [0.1, 0.15) is 28.4 Å². The average molecular weight is 387 g/mol. The Morgan fingerprint density at radius 3 is 2.59 bits per heavy atom. The van der Waals surface area contributed by atoms with Gasteiger partial charge >= 0.3 is 5.97 Å². The van der Waals surface area contributed by atoms with Gasteiger partial charge in [-0.05, 0) is 48.2 Å². The van der Waals surface area contributed by atoms with Crippen molar-refractivity contribution in [2.45, 2.75) is 20.4 Å². The minimum absolute atomic E-state index is 0.291. The summed E-state index contributed by atoms with van der Waals surface area (Å²) in [6, 6.07) is 17.4. The van der Waals surface area contributed by atoms with Crippen LogP contribution in [0.2, 0.25) is 0 Å². The molecule has 4 aromatic rings. The van der Waals surface area contributed by atoms with Crippen LogP contribution in [0.25, 0.3) is 22.3 Å². The van der Waals surface area contributed by atoms with Crippen LogP contribution >= 0.6 is 0 Å². The van der Waals surface area contributed by atoms with Gasteiger partial charge in [0, 0.05) is 6.20 Å². The first-order valence-electron chi connectivity index (χ1n) is 9.44. The number of pyridine rings is 1. The number of rotatable bonds is 6. The third kappa shape index (κ3) is 3.57. The molecule has 0 saturated heterocycles. The Bertz CT molecular complexity index is 1180. The predicted molar refractivity (Wildman–Crippen MR) is 111 cm³/mol. The van der Waals surface area contributed by atoms with Crippen molar-refractivity contribution in [1.82, 2.24) is 14.5 Å². The van der Waals surface area contributed by atoms with Crippen LogP contribution < -0.4 is 4.74 Å². The fourth-order valence-corrected chi connectivity index (χ4v) is 3.39. The lowest BCUT2D eigenvalue weighted by Crippen LogP contribution is -2.05. The molecule has 0 spiro atoms. The zero-order valence-electron chi connectivity index (χ0n) is 16.3. The van der Waals surface area contributed by atoms with Crippen molar-refractivity contribution >= 4 is 17.1 Å². The largest absolute Gasteiger partial charge is 0.478 e. The SMILES string of the molecule is CCOc1nc2c(C)ccnc2n1Cc1ccc(-c2ccccc2C(=O)O)cc1. The number of carbonyl (C=O) groups is 1. The third-order valence-corrected chi connectivity index (χ3v) is 4.84. The van der Waals surface area contributed by atoms with E-state index >= 15 is 0 Å². The van der Waals surface area contributed by atoms with Crippen LogP contribution in [0.3, 0.4) is 0 Å². The Labute approximate surface area is 168 Å². The van der Waals surface area contributed by atoms with Gasteiger partial charge in [-0.3, -0.25) is 4.57 Å². The molecule has 0 radical (unpaired) electrons. The number of hydrogen-bond acceptors (Lipinski definition) is 4. The van der Waals surface area contributed by atoms with Crippen LogP contribution in [0.15, 0.2) is 60.8 Å². The second-order valence-electron chi connectivity index (χ2n) is 6.76. The summed E-state index contributed by atoms with van der Waals surface area (Å²) in [4.78, 5) is 20.6. The fraction of sp³-hybridized carbons (Fsp3) is 0.174. The maximum Gasteiger partial charge on any atom is 0.336 e. The number of aromatic nitrogens is 3. The van der Waals surface area contributed by atoms with Gasteiger partial charge in [-0.15, -0.1) is 0 Å². The summed E-state index contributed by atoms with van der Waals surface area (Å²) in [5, 5.41) is 9.43. The van der Waals surface area contributed by atoms with Crippen molar-refractivity contribution in [2.24, 2.45) is 0 Å². The Kier molecular flexibility index (Phi) is 4.99. The molecule has 0 bridgehead atoms. The smallest absolute Gasteiger partial charge is 0.336 e. The van der Waals surface area contributed by atoms with Crippen molar-refractivity contribution in [1.29, 1.82) is 0 Å². The Morgan fingerprint density at radius 2 is 1.86 bits per heavy atom. The summed E-state index contributed by atoms with van der Waals surface area (Å²) in [6.45, 7) is 5.01. The summed E-state index contributed by atoms with van der Waals surface area (Å²) in [5.74, 6) is -0.933. The van der Waals surface area contributed by atoms with Crippen molar-refractivity contribution in [2.75, 3.05) is 6.61 Å². The van der Waals surface area contributed by atoms with Gasteiger partial charge in [0.1, 0.15) is 5.52 Å². The number of aryl methyl sites for hydroxylation is 1. The minimum atomic E-state index is -0.933. The van der Waals surface area contributed by atoms with E-state index < -0.39 is 5.97 Å². The van der Waals surface area contributed by atoms with E-state index in [4.69, 9.17) is 4.74 Å². The lowest BCUT2D eigenvalue weighted by Gasteiger charge is -2.10. The zero-order chi connectivity index (χ0) is 20.4. The second-order valence-corrected chi connectivity index (χ2v) is 6.76. The van der Waals surface area contributed by atoms with Gasteiger partial charge in [-0.1, -0.05) is 42.5 Å². The van der Waals surface area contributed by atoms with Crippen molar-refractivity contribution in [3.05, 3.63) is 77.5 Å². The quantitative estimate of drug-likeness (QED) is 0.525. The van der Waals surface area contributed by atoms with Crippen LogP contribution in [-0.4, -0.2) is 32.2 Å². The standard InChI is InChI=1S/C23H21N3O3/c1-3-29-23-25-20-15(2)12-13-24-21(20)26(23)14-16-8-10-17(11-9-16)18-6-4-5-7-19(18)22(27)28/h4-13H,3,14H2,1-2H3,(H,27,28). The summed E-state index contributed by atoms with van der Waals surface area (Å²) < 4.78 is 7.70. The number of fused-ring (bicyclic) bond motifs is 1. The zero-order valence-corrected chi connectivity index (χ0v) is 16.3. The number of carboxylic acid groups (broad SMARTS) is 1. The first kappa shape index (κ1) is 18.7. The molecule has 6 nitrogen and oxygen atoms in total. The Balaban J connectivity index is 1.69. The molecule has 29 heavy (non-hydrogen) atoms. The summed E-state index contributed by atoms with van der Waals surface area (Å²) in [7, 11) is 0. The fourth-order valence-electron chi connectivity index (χ4n) is 3.39. The van der Waals surface area contributed by atoms with Gasteiger partial charge in [0.2, 0.25) is 0 Å². The second kappa shape index (κ2) is 7.75. The molecular weight excluding hydrogens is 366 g/mol. The lowest BCUT2D eigenvalue weighted by atomic mass is 9.99. The first-order chi connectivity index (χ1) is 14.1. The average Bonchev–Trinajstić information content (AvgIpc) is 3.07. The molecule has 0 unspecified atom stereocenters. The molecule has 2 heterocycles. The van der Waals surface area contributed by atoms with E-state index in [1.54, 1.807) is 18.3 Å². The van der Waals surface area contributed by atoms with E-state index in [-0.39, 0.29) is 0 Å². The van der Waals surface area contributed by atoms with E-state index in [1.165, 1.54) is 0 Å². The molecule has 0 aliphatic rings. The highest BCUT2D eigenvalue weighted by molar-refractivity contribution is 5.96. The van der Waals surface area contributed by atoms with Crippen LogP contribution in [-0.2, 0) is 6.54 Å². The van der Waals surface area contributed by atoms with Gasteiger partial charge in [-0.25, -0.2) is 9.78 Å². The van der Waals surface area contributed by atoms with Crippen molar-refractivity contribution in [3.63, 3.8) is 0 Å². The van der Waals surface area contributed by atoms with E-state index in [9.17, 15) is 9.90 Å². The van der Waals surface area contributed by atoms with E-state index in [1.807, 2.05) is 60.9 Å². The summed E-state index contributed by atoms with van der Waals surface area (Å²) >= 11 is 0. The van der Waals surface area contributed by atoms with Gasteiger partial charge < -0.3 is 9.84 Å². The summed E-state index contributed by atoms with van der Waals surface area (Å²) in [5.41, 5.74) is 5.57. The van der Waals surface area contributed by atoms with Gasteiger partial charge in [0.05, 0.1) is 18.7 Å². The normalized spacial score (nSPS) is 11.0. The van der Waals surface area contributed by atoms with Gasteiger partial charge in [-0.2, -0.15) is 4.98 Å². The number of carboxylic acids is 1. The number of nitrogens with zero attached hydrogens (tertiary/aromatic N) is 3. The van der Waals surface area contributed by atoms with Crippen LogP contribution in [0, 0.1) is 6.92 Å². The number of benzene rings is 2. The topological polar surface area (TPSA) is 77.2 Å². The molecule has 0 saturated carbocycles. The summed E-state index contributed by atoms with van der Waals surface area (Å²) in [6.07, 6.45) is 1.78. The lowest BCUT2D eigenvalue weighted by molar-refractivity contribution is 0.0697.